The summed E-state index contributed by atoms with van der Waals surface area (Å²) in [6.07, 6.45) is 14.7. The molecule has 0 heterocycles. The second kappa shape index (κ2) is 15.3. The van der Waals surface area contributed by atoms with Gasteiger partial charge in [-0.15, -0.1) is 0 Å². The van der Waals surface area contributed by atoms with Crippen LogP contribution >= 0.6 is 0 Å². The van der Waals surface area contributed by atoms with E-state index in [1.165, 1.54) is 70.6 Å². The van der Waals surface area contributed by atoms with Crippen LogP contribution in [0.25, 0.3) is 0 Å². The molecule has 4 nitrogen and oxygen atoms in total. The number of rotatable bonds is 13. The van der Waals surface area contributed by atoms with Crippen molar-refractivity contribution in [2.75, 3.05) is 20.1 Å². The fourth-order valence-electron chi connectivity index (χ4n) is 2.16. The molecule has 0 amide bonds. The number of hydrogen-bond acceptors (Lipinski definition) is 2. The first-order valence-electron chi connectivity index (χ1n) is 7.97. The Morgan fingerprint density at radius 1 is 0.789 bits per heavy atom. The highest BCUT2D eigenvalue weighted by atomic mass is 15.1. The van der Waals surface area contributed by atoms with Crippen LogP contribution in [0.1, 0.15) is 70.6 Å². The van der Waals surface area contributed by atoms with Crippen molar-refractivity contribution in [1.82, 2.24) is 5.32 Å². The van der Waals surface area contributed by atoms with Gasteiger partial charge < -0.3 is 16.8 Å². The van der Waals surface area contributed by atoms with E-state index >= 15 is 0 Å². The molecule has 4 heteroatoms. The summed E-state index contributed by atoms with van der Waals surface area (Å²) >= 11 is 0. The maximum Gasteiger partial charge on any atom is 0.188 e. The molecule has 0 aromatic rings. The van der Waals surface area contributed by atoms with E-state index in [-0.39, 0.29) is 0 Å². The average Bonchev–Trinajstić information content (AvgIpc) is 2.43. The zero-order valence-corrected chi connectivity index (χ0v) is 12.8. The minimum absolute atomic E-state index is 0.551. The van der Waals surface area contributed by atoms with Crippen LogP contribution in [0.4, 0.5) is 0 Å². The topological polar surface area (TPSA) is 76.4 Å². The van der Waals surface area contributed by atoms with Crippen LogP contribution in [0, 0.1) is 0 Å². The van der Waals surface area contributed by atoms with Gasteiger partial charge in [-0.05, 0) is 19.4 Å². The smallest absolute Gasteiger partial charge is 0.188 e. The Bertz CT molecular complexity index is 204. The fraction of sp³-hybridized carbons (Fsp3) is 0.933. The molecule has 0 saturated carbocycles. The van der Waals surface area contributed by atoms with Gasteiger partial charge in [0, 0.05) is 13.6 Å². The molecule has 0 radical (unpaired) electrons. The zero-order chi connectivity index (χ0) is 14.2. The van der Waals surface area contributed by atoms with Crippen LogP contribution in [-0.2, 0) is 0 Å². The molecule has 114 valence electrons. The molecule has 0 atom stereocenters. The predicted molar refractivity (Wildman–Crippen MR) is 85.4 cm³/mol. The second-order valence-electron chi connectivity index (χ2n) is 5.21. The van der Waals surface area contributed by atoms with Gasteiger partial charge in [-0.1, -0.05) is 57.8 Å². The molecule has 5 N–H and O–H groups in total. The number of aliphatic imine (C=N–C) groups is 1. The minimum Gasteiger partial charge on any atom is -0.370 e. The molecule has 0 fully saturated rings. The van der Waals surface area contributed by atoms with Crippen molar-refractivity contribution in [2.45, 2.75) is 70.6 Å². The quantitative estimate of drug-likeness (QED) is 0.274. The van der Waals surface area contributed by atoms with Gasteiger partial charge in [-0.2, -0.15) is 0 Å². The van der Waals surface area contributed by atoms with E-state index in [0.29, 0.717) is 5.96 Å². The molecule has 0 aliphatic carbocycles. The molecule has 19 heavy (non-hydrogen) atoms. The van der Waals surface area contributed by atoms with Gasteiger partial charge in [-0.3, -0.25) is 4.99 Å². The number of nitrogens with two attached hydrogens (primary N) is 2. The van der Waals surface area contributed by atoms with Crippen molar-refractivity contribution >= 4 is 5.96 Å². The highest BCUT2D eigenvalue weighted by Crippen LogP contribution is 2.10. The Kier molecular flexibility index (Phi) is 14.7. The van der Waals surface area contributed by atoms with Crippen LogP contribution in [0.15, 0.2) is 4.99 Å². The molecule has 0 saturated heterocycles. The normalized spacial score (nSPS) is 11.8. The SMILES string of the molecule is CN=C(N)NCCCCCCCCCCCCCN. The standard InChI is InChI=1S/C15H34N4/c1-18-15(17)19-14-12-10-8-6-4-2-3-5-7-9-11-13-16/h2-14,16H2,1H3,(H3,17,18,19). The van der Waals surface area contributed by atoms with Crippen molar-refractivity contribution in [3.63, 3.8) is 0 Å². The van der Waals surface area contributed by atoms with Crippen LogP contribution in [0.5, 0.6) is 0 Å². The number of nitrogens with one attached hydrogen (secondary N) is 1. The maximum atomic E-state index is 5.54. The third kappa shape index (κ3) is 15.2. The summed E-state index contributed by atoms with van der Waals surface area (Å²) < 4.78 is 0. The van der Waals surface area contributed by atoms with Crippen LogP contribution in [0.2, 0.25) is 0 Å². The van der Waals surface area contributed by atoms with Gasteiger partial charge in [0.2, 0.25) is 0 Å². The van der Waals surface area contributed by atoms with E-state index in [1.54, 1.807) is 7.05 Å². The van der Waals surface area contributed by atoms with E-state index in [9.17, 15) is 0 Å². The monoisotopic (exact) mass is 270 g/mol. The van der Waals surface area contributed by atoms with Gasteiger partial charge in [0.05, 0.1) is 0 Å². The number of hydrogen-bond donors (Lipinski definition) is 3. The van der Waals surface area contributed by atoms with E-state index in [1.807, 2.05) is 0 Å². The number of unbranched alkanes of at least 4 members (excludes halogenated alkanes) is 10. The summed E-state index contributed by atoms with van der Waals surface area (Å²) in [6, 6.07) is 0. The molecular weight excluding hydrogens is 236 g/mol. The maximum absolute atomic E-state index is 5.54. The zero-order valence-electron chi connectivity index (χ0n) is 12.8. The summed E-state index contributed by atoms with van der Waals surface area (Å²) in [5.74, 6) is 0.551. The van der Waals surface area contributed by atoms with E-state index in [2.05, 4.69) is 10.3 Å². The van der Waals surface area contributed by atoms with Crippen molar-refractivity contribution < 1.29 is 0 Å². The van der Waals surface area contributed by atoms with Crippen molar-refractivity contribution in [1.29, 1.82) is 0 Å². The number of guanidine groups is 1. The molecule has 0 bridgehead atoms. The summed E-state index contributed by atoms with van der Waals surface area (Å²) in [6.45, 7) is 1.80. The predicted octanol–water partition coefficient (Wildman–Crippen LogP) is 2.77. The number of nitrogens with zero attached hydrogens (tertiary/aromatic N) is 1. The summed E-state index contributed by atoms with van der Waals surface area (Å²) in [5, 5.41) is 3.09. The fourth-order valence-corrected chi connectivity index (χ4v) is 2.16. The largest absolute Gasteiger partial charge is 0.370 e. The molecule has 0 unspecified atom stereocenters. The lowest BCUT2D eigenvalue weighted by molar-refractivity contribution is 0.545. The molecule has 0 rings (SSSR count). The van der Waals surface area contributed by atoms with Crippen molar-refractivity contribution in [3.8, 4) is 0 Å². The first-order chi connectivity index (χ1) is 9.31. The molecule has 0 aliphatic heterocycles. The highest BCUT2D eigenvalue weighted by molar-refractivity contribution is 5.77. The van der Waals surface area contributed by atoms with Crippen LogP contribution in [0.3, 0.4) is 0 Å². The summed E-state index contributed by atoms with van der Waals surface area (Å²) in [4.78, 5) is 3.86. The Morgan fingerprint density at radius 2 is 1.21 bits per heavy atom. The average molecular weight is 270 g/mol. The van der Waals surface area contributed by atoms with Gasteiger partial charge >= 0.3 is 0 Å². The lowest BCUT2D eigenvalue weighted by Crippen LogP contribution is -2.31. The van der Waals surface area contributed by atoms with E-state index in [0.717, 1.165) is 13.1 Å². The Hall–Kier alpha value is -0.770. The lowest BCUT2D eigenvalue weighted by Gasteiger charge is -2.05. The molecule has 0 spiro atoms. The van der Waals surface area contributed by atoms with Crippen molar-refractivity contribution in [2.24, 2.45) is 16.5 Å². The minimum atomic E-state index is 0.551. The first-order valence-corrected chi connectivity index (χ1v) is 7.97. The lowest BCUT2D eigenvalue weighted by atomic mass is 10.1. The summed E-state index contributed by atoms with van der Waals surface area (Å²) in [7, 11) is 1.71. The third-order valence-corrected chi connectivity index (χ3v) is 3.43. The summed E-state index contributed by atoms with van der Waals surface area (Å²) in [5.41, 5.74) is 11.0. The molecular formula is C15H34N4. The Labute approximate surface area is 119 Å². The molecule has 0 aromatic heterocycles. The molecule has 0 aliphatic rings. The second-order valence-corrected chi connectivity index (χ2v) is 5.21. The molecule has 0 aromatic carbocycles. The van der Waals surface area contributed by atoms with Crippen LogP contribution < -0.4 is 16.8 Å². The van der Waals surface area contributed by atoms with Gasteiger partial charge in [0.25, 0.3) is 0 Å². The van der Waals surface area contributed by atoms with Gasteiger partial charge in [0.1, 0.15) is 0 Å². The highest BCUT2D eigenvalue weighted by Gasteiger charge is 1.94. The Morgan fingerprint density at radius 3 is 1.63 bits per heavy atom. The Balaban J connectivity index is 2.99. The van der Waals surface area contributed by atoms with Gasteiger partial charge in [0.15, 0.2) is 5.96 Å². The first kappa shape index (κ1) is 18.2. The van der Waals surface area contributed by atoms with Gasteiger partial charge in [-0.25, -0.2) is 0 Å². The van der Waals surface area contributed by atoms with E-state index in [4.69, 9.17) is 11.5 Å². The van der Waals surface area contributed by atoms with E-state index < -0.39 is 0 Å². The van der Waals surface area contributed by atoms with Crippen molar-refractivity contribution in [3.05, 3.63) is 0 Å². The third-order valence-electron chi connectivity index (χ3n) is 3.43. The van der Waals surface area contributed by atoms with Crippen LogP contribution in [-0.4, -0.2) is 26.1 Å².